The zero-order chi connectivity index (χ0) is 14.4. The van der Waals surface area contributed by atoms with Crippen LogP contribution in [0.1, 0.15) is 36.0 Å². The molecule has 0 bridgehead atoms. The van der Waals surface area contributed by atoms with E-state index in [9.17, 15) is 4.79 Å². The predicted octanol–water partition coefficient (Wildman–Crippen LogP) is 1.86. The van der Waals surface area contributed by atoms with Crippen molar-refractivity contribution in [3.8, 4) is 0 Å². The van der Waals surface area contributed by atoms with Crippen molar-refractivity contribution in [3.63, 3.8) is 0 Å². The molecule has 0 atom stereocenters. The zero-order valence-electron chi connectivity index (χ0n) is 12.1. The Morgan fingerprint density at radius 2 is 2.30 bits per heavy atom. The van der Waals surface area contributed by atoms with Gasteiger partial charge in [-0.1, -0.05) is 18.3 Å². The van der Waals surface area contributed by atoms with E-state index < -0.39 is 0 Å². The maximum Gasteiger partial charge on any atom is 0.284 e. The third-order valence-corrected chi connectivity index (χ3v) is 3.97. The van der Waals surface area contributed by atoms with Crippen LogP contribution in [0.2, 0.25) is 0 Å². The lowest BCUT2D eigenvalue weighted by molar-refractivity contribution is 0.0680. The predicted molar refractivity (Wildman–Crippen MR) is 79.2 cm³/mol. The number of aromatic nitrogens is 2. The van der Waals surface area contributed by atoms with Crippen LogP contribution in [-0.4, -0.2) is 54.4 Å². The van der Waals surface area contributed by atoms with Gasteiger partial charge < -0.3 is 15.0 Å². The molecule has 1 aliphatic carbocycles. The van der Waals surface area contributed by atoms with Crippen LogP contribution in [0.25, 0.3) is 0 Å². The molecule has 0 saturated heterocycles. The van der Waals surface area contributed by atoms with Gasteiger partial charge in [0.15, 0.2) is 0 Å². The summed E-state index contributed by atoms with van der Waals surface area (Å²) in [5, 5.41) is 12.2. The molecule has 0 aromatic carbocycles. The molecule has 1 N–H and O–H groups in total. The van der Waals surface area contributed by atoms with Gasteiger partial charge in [-0.3, -0.25) is 4.79 Å². The fourth-order valence-corrected chi connectivity index (χ4v) is 2.38. The minimum Gasteiger partial charge on any atom is -0.379 e. The first-order valence-corrected chi connectivity index (χ1v) is 7.93. The number of amides is 1. The lowest BCUT2D eigenvalue weighted by Crippen LogP contribution is -2.30. The summed E-state index contributed by atoms with van der Waals surface area (Å²) in [7, 11) is 1.77. The Kier molecular flexibility index (Phi) is 5.72. The second kappa shape index (κ2) is 7.54. The summed E-state index contributed by atoms with van der Waals surface area (Å²) in [5.74, 6) is 0.661. The smallest absolute Gasteiger partial charge is 0.284 e. The van der Waals surface area contributed by atoms with Gasteiger partial charge in [0.1, 0.15) is 0 Å². The Balaban J connectivity index is 1.71. The van der Waals surface area contributed by atoms with E-state index in [0.29, 0.717) is 23.3 Å². The van der Waals surface area contributed by atoms with Gasteiger partial charge in [0.2, 0.25) is 10.1 Å². The summed E-state index contributed by atoms with van der Waals surface area (Å²) in [6.45, 7) is 4.91. The van der Waals surface area contributed by atoms with Gasteiger partial charge in [-0.2, -0.15) is 0 Å². The lowest BCUT2D eigenvalue weighted by Gasteiger charge is -2.15. The minimum absolute atomic E-state index is 0.0953. The maximum absolute atomic E-state index is 12.1. The molecule has 7 heteroatoms. The Bertz CT molecular complexity index is 434. The highest BCUT2D eigenvalue weighted by Gasteiger charge is 2.21. The Morgan fingerprint density at radius 1 is 1.50 bits per heavy atom. The minimum atomic E-state index is -0.0953. The molecule has 1 fully saturated rings. The normalized spacial score (nSPS) is 14.3. The molecule has 1 aromatic rings. The Hall–Kier alpha value is -1.21. The number of carbonyl (C=O) groups excluding carboxylic acids is 1. The van der Waals surface area contributed by atoms with Crippen molar-refractivity contribution in [1.82, 2.24) is 15.1 Å². The number of likely N-dealkylation sites (N-methyl/N-ethyl adjacent to an activating group) is 1. The molecule has 2 rings (SSSR count). The summed E-state index contributed by atoms with van der Waals surface area (Å²) in [5.41, 5.74) is 0. The van der Waals surface area contributed by atoms with E-state index in [0.717, 1.165) is 25.5 Å². The number of nitrogens with zero attached hydrogens (tertiary/aromatic N) is 3. The van der Waals surface area contributed by atoms with E-state index in [1.807, 2.05) is 0 Å². The largest absolute Gasteiger partial charge is 0.379 e. The molecular formula is C13H22N4O2S. The quantitative estimate of drug-likeness (QED) is 0.705. The first-order chi connectivity index (χ1) is 9.70. The number of rotatable bonds is 9. The highest BCUT2D eigenvalue weighted by Crippen LogP contribution is 2.28. The molecule has 1 amide bonds. The number of carbonyl (C=O) groups is 1. The fraction of sp³-hybridized carbons (Fsp3) is 0.769. The topological polar surface area (TPSA) is 67.4 Å². The highest BCUT2D eigenvalue weighted by atomic mass is 32.1. The van der Waals surface area contributed by atoms with Crippen LogP contribution in [0.4, 0.5) is 5.13 Å². The van der Waals surface area contributed by atoms with Crippen molar-refractivity contribution >= 4 is 22.4 Å². The number of nitrogens with one attached hydrogen (secondary N) is 1. The average molecular weight is 298 g/mol. The van der Waals surface area contributed by atoms with Crippen LogP contribution >= 0.6 is 11.3 Å². The van der Waals surface area contributed by atoms with Crippen LogP contribution in [0, 0.1) is 5.92 Å². The lowest BCUT2D eigenvalue weighted by atomic mass is 10.4. The van der Waals surface area contributed by atoms with Crippen molar-refractivity contribution in [2.75, 3.05) is 38.7 Å². The highest BCUT2D eigenvalue weighted by molar-refractivity contribution is 7.17. The van der Waals surface area contributed by atoms with Crippen molar-refractivity contribution in [3.05, 3.63) is 5.01 Å². The number of hydrogen-bond acceptors (Lipinski definition) is 6. The van der Waals surface area contributed by atoms with E-state index >= 15 is 0 Å². The molecular weight excluding hydrogens is 276 g/mol. The first-order valence-electron chi connectivity index (χ1n) is 7.11. The average Bonchev–Trinajstić information content (AvgIpc) is 3.16. The third kappa shape index (κ3) is 4.72. The molecule has 0 spiro atoms. The van der Waals surface area contributed by atoms with Gasteiger partial charge in [-0.05, 0) is 25.2 Å². The first kappa shape index (κ1) is 15.2. The summed E-state index contributed by atoms with van der Waals surface area (Å²) in [4.78, 5) is 13.8. The maximum atomic E-state index is 12.1. The third-order valence-electron chi connectivity index (χ3n) is 3.10. The van der Waals surface area contributed by atoms with Gasteiger partial charge in [0, 0.05) is 26.7 Å². The molecule has 1 heterocycles. The van der Waals surface area contributed by atoms with Crippen molar-refractivity contribution in [2.45, 2.75) is 26.2 Å². The van der Waals surface area contributed by atoms with Crippen molar-refractivity contribution in [1.29, 1.82) is 0 Å². The van der Waals surface area contributed by atoms with Crippen LogP contribution in [0.3, 0.4) is 0 Å². The van der Waals surface area contributed by atoms with Gasteiger partial charge in [-0.25, -0.2) is 0 Å². The van der Waals surface area contributed by atoms with Crippen LogP contribution < -0.4 is 5.32 Å². The molecule has 0 radical (unpaired) electrons. The van der Waals surface area contributed by atoms with Gasteiger partial charge >= 0.3 is 0 Å². The Labute approximate surface area is 123 Å². The van der Waals surface area contributed by atoms with E-state index in [1.165, 1.54) is 24.2 Å². The van der Waals surface area contributed by atoms with Gasteiger partial charge in [-0.15, -0.1) is 10.2 Å². The molecule has 0 aliphatic heterocycles. The molecule has 1 aliphatic rings. The molecule has 1 aromatic heterocycles. The van der Waals surface area contributed by atoms with Crippen molar-refractivity contribution < 1.29 is 9.53 Å². The van der Waals surface area contributed by atoms with Crippen LogP contribution in [0.5, 0.6) is 0 Å². The summed E-state index contributed by atoms with van der Waals surface area (Å²) >= 11 is 1.30. The van der Waals surface area contributed by atoms with E-state index in [4.69, 9.17) is 4.74 Å². The van der Waals surface area contributed by atoms with Gasteiger partial charge in [0.05, 0.1) is 6.61 Å². The van der Waals surface area contributed by atoms with Gasteiger partial charge in [0.25, 0.3) is 5.91 Å². The summed E-state index contributed by atoms with van der Waals surface area (Å²) < 4.78 is 5.53. The molecule has 112 valence electrons. The summed E-state index contributed by atoms with van der Waals surface area (Å²) in [6, 6.07) is 0. The van der Waals surface area contributed by atoms with E-state index in [1.54, 1.807) is 11.9 Å². The second-order valence-corrected chi connectivity index (χ2v) is 6.06. The van der Waals surface area contributed by atoms with E-state index in [-0.39, 0.29) is 5.91 Å². The standard InChI is InChI=1S/C13H22N4O2S/c1-3-6-14-13-16-15-11(20-13)12(18)17(2)7-8-19-9-10-4-5-10/h10H,3-9H2,1-2H3,(H,14,16). The molecule has 0 unspecified atom stereocenters. The number of hydrogen-bond donors (Lipinski definition) is 1. The molecule has 20 heavy (non-hydrogen) atoms. The Morgan fingerprint density at radius 3 is 3.00 bits per heavy atom. The molecule has 1 saturated carbocycles. The van der Waals surface area contributed by atoms with Crippen molar-refractivity contribution in [2.24, 2.45) is 5.92 Å². The summed E-state index contributed by atoms with van der Waals surface area (Å²) in [6.07, 6.45) is 3.58. The SMILES string of the molecule is CCCNc1nnc(C(=O)N(C)CCOCC2CC2)s1. The van der Waals surface area contributed by atoms with Crippen LogP contribution in [-0.2, 0) is 4.74 Å². The van der Waals surface area contributed by atoms with E-state index in [2.05, 4.69) is 22.4 Å². The van der Waals surface area contributed by atoms with Crippen LogP contribution in [0.15, 0.2) is 0 Å². The molecule has 6 nitrogen and oxygen atoms in total. The number of ether oxygens (including phenoxy) is 1. The zero-order valence-corrected chi connectivity index (χ0v) is 12.9. The second-order valence-electron chi connectivity index (χ2n) is 5.08. The fourth-order valence-electron chi connectivity index (χ4n) is 1.61. The number of anilines is 1. The monoisotopic (exact) mass is 298 g/mol.